The van der Waals surface area contributed by atoms with Gasteiger partial charge in [0.05, 0.1) is 11.6 Å². The van der Waals surface area contributed by atoms with E-state index in [1.54, 1.807) is 25.1 Å². The fraction of sp³-hybridized carbons (Fsp3) is 0.222. The lowest BCUT2D eigenvalue weighted by Gasteiger charge is -2.19. The fourth-order valence-corrected chi connectivity index (χ4v) is 2.74. The van der Waals surface area contributed by atoms with Gasteiger partial charge in [0.1, 0.15) is 5.82 Å². The lowest BCUT2D eigenvalue weighted by molar-refractivity contribution is -0.129. The number of esters is 1. The van der Waals surface area contributed by atoms with Crippen LogP contribution in [0.15, 0.2) is 42.5 Å². The number of hydrogen-bond donors (Lipinski definition) is 1. The number of carbonyl (C=O) groups is 2. The number of ether oxygens (including phenoxy) is 1. The van der Waals surface area contributed by atoms with Crippen molar-refractivity contribution < 1.29 is 18.7 Å². The molecule has 132 valence electrons. The monoisotopic (exact) mass is 383 g/mol. The topological polar surface area (TPSA) is 55.4 Å². The summed E-state index contributed by atoms with van der Waals surface area (Å²) >= 11 is 12.0. The minimum atomic E-state index is -1.10. The van der Waals surface area contributed by atoms with E-state index in [0.29, 0.717) is 15.6 Å². The van der Waals surface area contributed by atoms with E-state index < -0.39 is 29.8 Å². The van der Waals surface area contributed by atoms with Gasteiger partial charge in [-0.25, -0.2) is 9.18 Å². The number of carbonyl (C=O) groups excluding carboxylic acids is 2. The van der Waals surface area contributed by atoms with Crippen LogP contribution in [0.25, 0.3) is 0 Å². The first-order valence-corrected chi connectivity index (χ1v) is 8.26. The van der Waals surface area contributed by atoms with Gasteiger partial charge >= 0.3 is 5.97 Å². The maximum atomic E-state index is 13.6. The van der Waals surface area contributed by atoms with Gasteiger partial charge in [-0.2, -0.15) is 0 Å². The van der Waals surface area contributed by atoms with E-state index in [2.05, 4.69) is 5.32 Å². The zero-order valence-corrected chi connectivity index (χ0v) is 15.1. The maximum Gasteiger partial charge on any atom is 0.341 e. The normalized spacial score (nSPS) is 13.0. The third kappa shape index (κ3) is 4.94. The Labute approximate surface area is 154 Å². The Morgan fingerprint density at radius 2 is 1.80 bits per heavy atom. The molecule has 4 nitrogen and oxygen atoms in total. The van der Waals surface area contributed by atoms with Crippen LogP contribution in [0.5, 0.6) is 0 Å². The van der Waals surface area contributed by atoms with Crippen molar-refractivity contribution in [3.05, 3.63) is 69.5 Å². The number of hydrogen-bond acceptors (Lipinski definition) is 3. The molecule has 0 aliphatic rings. The number of benzene rings is 2. The second kappa shape index (κ2) is 8.32. The van der Waals surface area contributed by atoms with Crippen molar-refractivity contribution in [1.82, 2.24) is 5.32 Å². The number of halogens is 3. The van der Waals surface area contributed by atoms with Gasteiger partial charge in [0.15, 0.2) is 6.10 Å². The highest BCUT2D eigenvalue weighted by Gasteiger charge is 2.23. The standard InChI is InChI=1S/C18H16Cl2FNO3/c1-10(13-8-7-12(19)9-15(13)20)22-17(23)11(2)25-18(24)14-5-3-4-6-16(14)21/h3-11H,1-2H3,(H,22,23)/t10-,11-/m1/s1. The first-order chi connectivity index (χ1) is 11.8. The average molecular weight is 384 g/mol. The van der Waals surface area contributed by atoms with Crippen molar-refractivity contribution in [2.24, 2.45) is 0 Å². The van der Waals surface area contributed by atoms with Crippen molar-refractivity contribution in [1.29, 1.82) is 0 Å². The van der Waals surface area contributed by atoms with Crippen LogP contribution in [0.3, 0.4) is 0 Å². The molecule has 0 heterocycles. The van der Waals surface area contributed by atoms with Crippen molar-refractivity contribution in [3.63, 3.8) is 0 Å². The molecule has 0 saturated heterocycles. The molecular weight excluding hydrogens is 368 g/mol. The molecule has 0 radical (unpaired) electrons. The smallest absolute Gasteiger partial charge is 0.341 e. The van der Waals surface area contributed by atoms with Crippen LogP contribution in [0.1, 0.15) is 35.8 Å². The molecule has 7 heteroatoms. The van der Waals surface area contributed by atoms with E-state index in [9.17, 15) is 14.0 Å². The van der Waals surface area contributed by atoms with E-state index in [-0.39, 0.29) is 5.56 Å². The van der Waals surface area contributed by atoms with Crippen molar-refractivity contribution in [2.45, 2.75) is 26.0 Å². The summed E-state index contributed by atoms with van der Waals surface area (Å²) < 4.78 is 18.6. The average Bonchev–Trinajstić information content (AvgIpc) is 2.54. The van der Waals surface area contributed by atoms with E-state index in [1.807, 2.05) is 0 Å². The predicted molar refractivity (Wildman–Crippen MR) is 94.3 cm³/mol. The fourth-order valence-electron chi connectivity index (χ4n) is 2.17. The molecule has 2 rings (SSSR count). The van der Waals surface area contributed by atoms with Crippen molar-refractivity contribution in [2.75, 3.05) is 0 Å². The third-order valence-electron chi connectivity index (χ3n) is 3.53. The molecule has 2 atom stereocenters. The molecule has 1 N–H and O–H groups in total. The summed E-state index contributed by atoms with van der Waals surface area (Å²) in [6, 6.07) is 9.91. The van der Waals surface area contributed by atoms with Crippen LogP contribution in [-0.4, -0.2) is 18.0 Å². The highest BCUT2D eigenvalue weighted by atomic mass is 35.5. The van der Waals surface area contributed by atoms with Gasteiger partial charge in [0.25, 0.3) is 5.91 Å². The summed E-state index contributed by atoms with van der Waals surface area (Å²) in [5, 5.41) is 3.59. The molecule has 0 aliphatic heterocycles. The van der Waals surface area contributed by atoms with Gasteiger partial charge in [0, 0.05) is 10.0 Å². The van der Waals surface area contributed by atoms with E-state index in [0.717, 1.165) is 6.07 Å². The van der Waals surface area contributed by atoms with Gasteiger partial charge in [0.2, 0.25) is 0 Å². The summed E-state index contributed by atoms with van der Waals surface area (Å²) in [7, 11) is 0. The van der Waals surface area contributed by atoms with Gasteiger partial charge < -0.3 is 10.1 Å². The van der Waals surface area contributed by atoms with Crippen LogP contribution < -0.4 is 5.32 Å². The molecule has 2 aromatic rings. The molecule has 0 aromatic heterocycles. The summed E-state index contributed by atoms with van der Waals surface area (Å²) in [4.78, 5) is 24.2. The maximum absolute atomic E-state index is 13.6. The first kappa shape index (κ1) is 19.2. The van der Waals surface area contributed by atoms with Gasteiger partial charge in [-0.15, -0.1) is 0 Å². The van der Waals surface area contributed by atoms with Crippen molar-refractivity contribution in [3.8, 4) is 0 Å². The Morgan fingerprint density at radius 3 is 2.44 bits per heavy atom. The van der Waals surface area contributed by atoms with Gasteiger partial charge in [-0.05, 0) is 43.7 Å². The van der Waals surface area contributed by atoms with Crippen LogP contribution >= 0.6 is 23.2 Å². The zero-order chi connectivity index (χ0) is 18.6. The molecule has 0 aliphatic carbocycles. The van der Waals surface area contributed by atoms with Crippen LogP contribution in [0.2, 0.25) is 10.0 Å². The quantitative estimate of drug-likeness (QED) is 0.770. The minimum Gasteiger partial charge on any atom is -0.449 e. The number of amides is 1. The molecule has 25 heavy (non-hydrogen) atoms. The Kier molecular flexibility index (Phi) is 6.39. The largest absolute Gasteiger partial charge is 0.449 e. The van der Waals surface area contributed by atoms with Crippen LogP contribution in [-0.2, 0) is 9.53 Å². The SMILES string of the molecule is C[C@@H](OC(=O)c1ccccc1F)C(=O)N[C@H](C)c1ccc(Cl)cc1Cl. The number of rotatable bonds is 5. The van der Waals surface area contributed by atoms with Gasteiger partial charge in [-0.3, -0.25) is 4.79 Å². The summed E-state index contributed by atoms with van der Waals surface area (Å²) in [5.41, 5.74) is 0.447. The molecule has 1 amide bonds. The molecule has 0 bridgehead atoms. The highest BCUT2D eigenvalue weighted by molar-refractivity contribution is 6.35. The molecular formula is C18H16Cl2FNO3. The van der Waals surface area contributed by atoms with E-state index in [1.165, 1.54) is 25.1 Å². The van der Waals surface area contributed by atoms with E-state index >= 15 is 0 Å². The van der Waals surface area contributed by atoms with Crippen LogP contribution in [0.4, 0.5) is 4.39 Å². The Morgan fingerprint density at radius 1 is 1.12 bits per heavy atom. The molecule has 2 aromatic carbocycles. The minimum absolute atomic E-state index is 0.226. The lowest BCUT2D eigenvalue weighted by Crippen LogP contribution is -2.37. The predicted octanol–water partition coefficient (Wildman–Crippen LogP) is 4.56. The summed E-state index contributed by atoms with van der Waals surface area (Å²) in [6.45, 7) is 3.14. The van der Waals surface area contributed by atoms with Crippen LogP contribution in [0, 0.1) is 5.82 Å². The lowest BCUT2D eigenvalue weighted by atomic mass is 10.1. The Balaban J connectivity index is 2.00. The molecule has 0 saturated carbocycles. The number of nitrogens with one attached hydrogen (secondary N) is 1. The summed E-state index contributed by atoms with van der Waals surface area (Å²) in [6.07, 6.45) is -1.10. The summed E-state index contributed by atoms with van der Waals surface area (Å²) in [5.74, 6) is -2.14. The van der Waals surface area contributed by atoms with Crippen molar-refractivity contribution >= 4 is 35.1 Å². The Hall–Kier alpha value is -2.11. The third-order valence-corrected chi connectivity index (χ3v) is 4.10. The first-order valence-electron chi connectivity index (χ1n) is 7.50. The molecule has 0 fully saturated rings. The second-order valence-corrected chi connectivity index (χ2v) is 6.27. The van der Waals surface area contributed by atoms with E-state index in [4.69, 9.17) is 27.9 Å². The Bertz CT molecular complexity index is 798. The zero-order valence-electron chi connectivity index (χ0n) is 13.6. The molecule has 0 unspecified atom stereocenters. The molecule has 0 spiro atoms. The van der Waals surface area contributed by atoms with Gasteiger partial charge in [-0.1, -0.05) is 41.4 Å². The highest BCUT2D eigenvalue weighted by Crippen LogP contribution is 2.26. The second-order valence-electron chi connectivity index (χ2n) is 5.42.